The number of benzene rings is 3. The Labute approximate surface area is 241 Å². The number of carbonyl (C=O) groups is 2. The molecule has 206 valence electrons. The van der Waals surface area contributed by atoms with Crippen LogP contribution in [0.25, 0.3) is 0 Å². The van der Waals surface area contributed by atoms with Crippen molar-refractivity contribution < 1.29 is 19.1 Å². The number of amides is 2. The maximum atomic E-state index is 15.8. The van der Waals surface area contributed by atoms with Crippen molar-refractivity contribution in [1.82, 2.24) is 5.32 Å². The van der Waals surface area contributed by atoms with Crippen LogP contribution in [-0.2, 0) is 15.0 Å². The summed E-state index contributed by atoms with van der Waals surface area (Å²) in [5, 5.41) is 28.7. The monoisotopic (exact) mass is 580 g/mol. The van der Waals surface area contributed by atoms with E-state index in [1.165, 1.54) is 12.1 Å². The lowest BCUT2D eigenvalue weighted by molar-refractivity contribution is -0.122. The minimum atomic E-state index is -1.44. The maximum absolute atomic E-state index is 15.8. The lowest BCUT2D eigenvalue weighted by Gasteiger charge is -2.38. The summed E-state index contributed by atoms with van der Waals surface area (Å²) < 4.78 is 15.8. The molecule has 4 unspecified atom stereocenters. The van der Waals surface area contributed by atoms with Crippen molar-refractivity contribution in [1.29, 1.82) is 5.26 Å². The number of rotatable bonds is 6. The number of hydrogen-bond acceptors (Lipinski definition) is 5. The van der Waals surface area contributed by atoms with E-state index in [0.717, 1.165) is 0 Å². The fourth-order valence-electron chi connectivity index (χ4n) is 6.01. The van der Waals surface area contributed by atoms with Gasteiger partial charge in [-0.2, -0.15) is 5.26 Å². The molecule has 1 saturated heterocycles. The highest BCUT2D eigenvalue weighted by atomic mass is 35.5. The van der Waals surface area contributed by atoms with Gasteiger partial charge in [0.15, 0.2) is 0 Å². The van der Waals surface area contributed by atoms with Crippen LogP contribution in [0.2, 0.25) is 10.0 Å². The Kier molecular flexibility index (Phi) is 7.36. The Balaban J connectivity index is 1.71. The van der Waals surface area contributed by atoms with E-state index >= 15 is 4.39 Å². The molecule has 1 fully saturated rings. The first kappa shape index (κ1) is 28.1. The van der Waals surface area contributed by atoms with Gasteiger partial charge in [0.05, 0.1) is 22.7 Å². The van der Waals surface area contributed by atoms with Gasteiger partial charge < -0.3 is 21.1 Å². The number of hydrogen-bond donors (Lipinski definition) is 4. The quantitative estimate of drug-likeness (QED) is 0.313. The van der Waals surface area contributed by atoms with Crippen LogP contribution in [0.4, 0.5) is 15.8 Å². The van der Waals surface area contributed by atoms with E-state index in [4.69, 9.17) is 28.5 Å². The van der Waals surface area contributed by atoms with Crippen molar-refractivity contribution >= 4 is 46.4 Å². The number of fused-ring (bicyclic) bond motifs is 2. The molecule has 0 bridgehead atoms. The summed E-state index contributed by atoms with van der Waals surface area (Å²) >= 11 is 12.5. The summed E-state index contributed by atoms with van der Waals surface area (Å²) in [5.41, 5.74) is -0.0490. The predicted octanol–water partition coefficient (Wildman–Crippen LogP) is 5.37. The second kappa shape index (κ2) is 10.5. The molecule has 0 radical (unpaired) electrons. The number of carbonyl (C=O) groups excluding carboxylic acids is 2. The fourth-order valence-corrected chi connectivity index (χ4v) is 6.36. The first-order chi connectivity index (χ1) is 19.0. The zero-order valence-corrected chi connectivity index (χ0v) is 23.3. The SMILES string of the molecule is CC(C)(CO)CC1NC(C(=O)Nc2ccc(C#N)cc2)C(c2cccc(Cl)c2F)C12C(=O)Nc1cc(Cl)ccc12. The van der Waals surface area contributed by atoms with Gasteiger partial charge in [-0.1, -0.05) is 55.2 Å². The normalized spacial score (nSPS) is 23.5. The third-order valence-corrected chi connectivity index (χ3v) is 8.40. The highest BCUT2D eigenvalue weighted by molar-refractivity contribution is 6.31. The van der Waals surface area contributed by atoms with Gasteiger partial charge in [-0.15, -0.1) is 0 Å². The van der Waals surface area contributed by atoms with Crippen LogP contribution in [0.15, 0.2) is 60.7 Å². The lowest BCUT2D eigenvalue weighted by Crippen LogP contribution is -2.50. The van der Waals surface area contributed by atoms with Crippen LogP contribution < -0.4 is 16.0 Å². The van der Waals surface area contributed by atoms with Gasteiger partial charge in [0.25, 0.3) is 0 Å². The molecule has 2 heterocycles. The summed E-state index contributed by atoms with van der Waals surface area (Å²) in [6.07, 6.45) is 0.290. The molecular formula is C30H27Cl2FN4O3. The second-order valence-electron chi connectivity index (χ2n) is 11.0. The molecule has 0 aromatic heterocycles. The van der Waals surface area contributed by atoms with Crippen molar-refractivity contribution in [2.45, 2.75) is 43.7 Å². The Morgan fingerprint density at radius 2 is 1.90 bits per heavy atom. The molecule has 2 aliphatic rings. The summed E-state index contributed by atoms with van der Waals surface area (Å²) in [6.45, 7) is 3.54. The predicted molar refractivity (Wildman–Crippen MR) is 152 cm³/mol. The third kappa shape index (κ3) is 4.63. The van der Waals surface area contributed by atoms with E-state index in [9.17, 15) is 14.7 Å². The Bertz CT molecular complexity index is 1540. The van der Waals surface area contributed by atoms with Crippen LogP contribution >= 0.6 is 23.2 Å². The van der Waals surface area contributed by atoms with Gasteiger partial charge in [0.2, 0.25) is 11.8 Å². The molecule has 10 heteroatoms. The lowest BCUT2D eigenvalue weighted by atomic mass is 9.62. The van der Waals surface area contributed by atoms with Crippen LogP contribution in [0.3, 0.4) is 0 Å². The number of aliphatic hydroxyl groups is 1. The van der Waals surface area contributed by atoms with Gasteiger partial charge in [-0.3, -0.25) is 9.59 Å². The zero-order valence-electron chi connectivity index (χ0n) is 21.8. The van der Waals surface area contributed by atoms with Gasteiger partial charge in [0.1, 0.15) is 11.2 Å². The van der Waals surface area contributed by atoms with Crippen molar-refractivity contribution in [3.05, 3.63) is 93.2 Å². The molecule has 2 amide bonds. The smallest absolute Gasteiger partial charge is 0.242 e. The Morgan fingerprint density at radius 3 is 2.58 bits per heavy atom. The number of aliphatic hydroxyl groups excluding tert-OH is 1. The highest BCUT2D eigenvalue weighted by Crippen LogP contribution is 2.57. The molecule has 7 nitrogen and oxygen atoms in total. The molecule has 0 aliphatic carbocycles. The van der Waals surface area contributed by atoms with Gasteiger partial charge in [-0.05, 0) is 65.4 Å². The standard InChI is InChI=1S/C30H27Cl2FN4O3/c1-29(2,15-38)13-23-30(20-11-8-17(31)12-22(20)36-28(30)40)24(19-4-3-5-21(32)25(19)33)26(37-23)27(39)35-18-9-6-16(14-34)7-10-18/h3-12,23-24,26,37-38H,13,15H2,1-2H3,(H,35,39)(H,36,40). The summed E-state index contributed by atoms with van der Waals surface area (Å²) in [4.78, 5) is 28.1. The van der Waals surface area contributed by atoms with E-state index in [2.05, 4.69) is 16.0 Å². The van der Waals surface area contributed by atoms with Gasteiger partial charge >= 0.3 is 0 Å². The van der Waals surface area contributed by atoms with Crippen molar-refractivity contribution in [2.75, 3.05) is 17.2 Å². The van der Waals surface area contributed by atoms with E-state index < -0.39 is 46.5 Å². The number of nitrogens with one attached hydrogen (secondary N) is 3. The van der Waals surface area contributed by atoms with E-state index in [1.54, 1.807) is 48.5 Å². The third-order valence-electron chi connectivity index (χ3n) is 7.87. The van der Waals surface area contributed by atoms with Crippen LogP contribution in [0.5, 0.6) is 0 Å². The molecule has 0 saturated carbocycles. The van der Waals surface area contributed by atoms with Crippen LogP contribution in [0, 0.1) is 22.6 Å². The minimum Gasteiger partial charge on any atom is -0.396 e. The molecule has 5 rings (SSSR count). The van der Waals surface area contributed by atoms with E-state index in [1.807, 2.05) is 19.9 Å². The van der Waals surface area contributed by atoms with Crippen LogP contribution in [0.1, 0.15) is 42.9 Å². The molecule has 3 aromatic carbocycles. The largest absolute Gasteiger partial charge is 0.396 e. The van der Waals surface area contributed by atoms with Gasteiger partial charge in [0, 0.05) is 35.0 Å². The first-order valence-corrected chi connectivity index (χ1v) is 13.5. The summed E-state index contributed by atoms with van der Waals surface area (Å²) in [7, 11) is 0. The van der Waals surface area contributed by atoms with E-state index in [0.29, 0.717) is 27.5 Å². The molecule has 3 aromatic rings. The minimum absolute atomic E-state index is 0.113. The van der Waals surface area contributed by atoms with Crippen molar-refractivity contribution in [3.8, 4) is 6.07 Å². The number of nitriles is 1. The highest BCUT2D eigenvalue weighted by Gasteiger charge is 2.66. The molecule has 40 heavy (non-hydrogen) atoms. The number of anilines is 2. The molecule has 2 aliphatic heterocycles. The molecular weight excluding hydrogens is 554 g/mol. The van der Waals surface area contributed by atoms with Crippen molar-refractivity contribution in [2.24, 2.45) is 5.41 Å². The average Bonchev–Trinajstić information content (AvgIpc) is 3.40. The topological polar surface area (TPSA) is 114 Å². The second-order valence-corrected chi connectivity index (χ2v) is 11.9. The maximum Gasteiger partial charge on any atom is 0.242 e. The van der Waals surface area contributed by atoms with E-state index in [-0.39, 0.29) is 23.6 Å². The fraction of sp³-hybridized carbons (Fsp3) is 0.300. The number of nitrogens with zero attached hydrogens (tertiary/aromatic N) is 1. The van der Waals surface area contributed by atoms with Crippen LogP contribution in [-0.4, -0.2) is 35.6 Å². The first-order valence-electron chi connectivity index (χ1n) is 12.7. The van der Waals surface area contributed by atoms with Gasteiger partial charge in [-0.25, -0.2) is 4.39 Å². The zero-order chi connectivity index (χ0) is 28.8. The Morgan fingerprint density at radius 1 is 1.18 bits per heavy atom. The molecule has 4 atom stereocenters. The summed E-state index contributed by atoms with van der Waals surface area (Å²) in [5.74, 6) is -2.64. The Hall–Kier alpha value is -3.48. The molecule has 1 spiro atoms. The number of halogens is 3. The van der Waals surface area contributed by atoms with Crippen molar-refractivity contribution in [3.63, 3.8) is 0 Å². The molecule has 4 N–H and O–H groups in total. The summed E-state index contributed by atoms with van der Waals surface area (Å²) in [6, 6.07) is 16.2. The average molecular weight is 581 g/mol.